The average Bonchev–Trinajstić information content (AvgIpc) is 3.29. The molecule has 2 amide bonds. The van der Waals surface area contributed by atoms with Crippen LogP contribution < -0.4 is 20.7 Å². The van der Waals surface area contributed by atoms with Crippen molar-refractivity contribution in [2.45, 2.75) is 45.3 Å². The van der Waals surface area contributed by atoms with E-state index in [1.54, 1.807) is 9.58 Å². The number of hydrogen-bond donors (Lipinski definition) is 2. The number of nitrogens with two attached hydrogens (primary N) is 1. The molecule has 2 aromatic carbocycles. The number of anilines is 2. The average molecular weight is 519 g/mol. The van der Waals surface area contributed by atoms with E-state index in [-0.39, 0.29) is 12.1 Å². The molecule has 0 unspecified atom stereocenters. The van der Waals surface area contributed by atoms with Gasteiger partial charge in [0.25, 0.3) is 5.91 Å². The van der Waals surface area contributed by atoms with Crippen molar-refractivity contribution in [3.8, 4) is 17.2 Å². The lowest BCUT2D eigenvalue weighted by molar-refractivity contribution is 0.0204. The Balaban J connectivity index is 1.36. The van der Waals surface area contributed by atoms with Crippen molar-refractivity contribution in [3.05, 3.63) is 60.3 Å². The van der Waals surface area contributed by atoms with Gasteiger partial charge < -0.3 is 30.3 Å². The molecular formula is C28H34N6O4. The maximum absolute atomic E-state index is 12.6. The second-order valence-electron chi connectivity index (χ2n) is 10.6. The van der Waals surface area contributed by atoms with E-state index in [1.807, 2.05) is 75.4 Å². The summed E-state index contributed by atoms with van der Waals surface area (Å²) < 4.78 is 13.0. The zero-order chi connectivity index (χ0) is 26.9. The lowest BCUT2D eigenvalue weighted by Crippen LogP contribution is -2.50. The molecule has 38 heavy (non-hydrogen) atoms. The monoisotopic (exact) mass is 518 g/mol. The molecule has 200 valence electrons. The molecule has 3 heterocycles. The normalized spacial score (nSPS) is 16.0. The van der Waals surface area contributed by atoms with Crippen molar-refractivity contribution in [1.82, 2.24) is 14.7 Å². The molecule has 3 aromatic rings. The van der Waals surface area contributed by atoms with Gasteiger partial charge in [-0.25, -0.2) is 9.48 Å². The fourth-order valence-corrected chi connectivity index (χ4v) is 4.91. The van der Waals surface area contributed by atoms with E-state index in [1.165, 1.54) is 0 Å². The summed E-state index contributed by atoms with van der Waals surface area (Å²) in [5.74, 6) is 1.56. The molecule has 1 fully saturated rings. The highest BCUT2D eigenvalue weighted by molar-refractivity contribution is 6.00. The van der Waals surface area contributed by atoms with Gasteiger partial charge in [-0.05, 0) is 70.0 Å². The molecule has 0 radical (unpaired) electrons. The minimum absolute atomic E-state index is 0.181. The minimum Gasteiger partial charge on any atom is -0.457 e. The molecule has 10 heteroatoms. The molecule has 0 spiro atoms. The van der Waals surface area contributed by atoms with Crippen LogP contribution in [0.3, 0.4) is 0 Å². The molecule has 0 atom stereocenters. The number of primary amides is 1. The third-order valence-corrected chi connectivity index (χ3v) is 6.64. The van der Waals surface area contributed by atoms with Gasteiger partial charge in [0.2, 0.25) is 0 Å². The maximum atomic E-state index is 12.6. The maximum Gasteiger partial charge on any atom is 0.410 e. The molecule has 0 aliphatic carbocycles. The quantitative estimate of drug-likeness (QED) is 0.515. The van der Waals surface area contributed by atoms with Gasteiger partial charge in [-0.3, -0.25) is 4.79 Å². The summed E-state index contributed by atoms with van der Waals surface area (Å²) in [6.07, 6.45) is 1.28. The van der Waals surface area contributed by atoms with Gasteiger partial charge in [0.05, 0.1) is 5.69 Å². The highest BCUT2D eigenvalue weighted by atomic mass is 16.6. The van der Waals surface area contributed by atoms with Crippen LogP contribution in [0, 0.1) is 0 Å². The summed E-state index contributed by atoms with van der Waals surface area (Å²) in [4.78, 5) is 29.1. The molecule has 0 saturated carbocycles. The minimum atomic E-state index is -0.558. The van der Waals surface area contributed by atoms with Gasteiger partial charge in [0.1, 0.15) is 22.8 Å². The topological polar surface area (TPSA) is 115 Å². The van der Waals surface area contributed by atoms with Crippen LogP contribution in [0.1, 0.15) is 44.1 Å². The number of aromatic nitrogens is 2. The van der Waals surface area contributed by atoms with E-state index >= 15 is 0 Å². The first-order chi connectivity index (χ1) is 18.2. The van der Waals surface area contributed by atoms with E-state index in [9.17, 15) is 9.59 Å². The van der Waals surface area contributed by atoms with Crippen LogP contribution in [-0.2, 0) is 4.74 Å². The van der Waals surface area contributed by atoms with Crippen LogP contribution >= 0.6 is 0 Å². The second-order valence-corrected chi connectivity index (χ2v) is 10.6. The first-order valence-corrected chi connectivity index (χ1v) is 12.9. The number of nitrogens with zero attached hydrogens (tertiary/aromatic N) is 4. The van der Waals surface area contributed by atoms with Crippen molar-refractivity contribution in [3.63, 3.8) is 0 Å². The second kappa shape index (κ2) is 10.3. The predicted molar refractivity (Wildman–Crippen MR) is 145 cm³/mol. The van der Waals surface area contributed by atoms with Gasteiger partial charge in [0, 0.05) is 32.2 Å². The first kappa shape index (κ1) is 25.4. The summed E-state index contributed by atoms with van der Waals surface area (Å²) in [7, 11) is 0. The summed E-state index contributed by atoms with van der Waals surface area (Å²) in [5.41, 5.74) is 6.97. The third-order valence-electron chi connectivity index (χ3n) is 6.64. The molecule has 2 aliphatic rings. The predicted octanol–water partition coefficient (Wildman–Crippen LogP) is 4.39. The van der Waals surface area contributed by atoms with E-state index < -0.39 is 11.5 Å². The van der Waals surface area contributed by atoms with E-state index in [0.717, 1.165) is 25.1 Å². The summed E-state index contributed by atoms with van der Waals surface area (Å²) >= 11 is 0. The Hall–Kier alpha value is -4.21. The Kier molecular flexibility index (Phi) is 6.88. The van der Waals surface area contributed by atoms with Gasteiger partial charge in [-0.1, -0.05) is 18.2 Å². The lowest BCUT2D eigenvalue weighted by atomic mass is 10.0. The number of rotatable bonds is 5. The number of benzene rings is 2. The van der Waals surface area contributed by atoms with Crippen LogP contribution in [0.4, 0.5) is 16.3 Å². The number of likely N-dealkylation sites (tertiary alicyclic amines) is 1. The fourth-order valence-electron chi connectivity index (χ4n) is 4.91. The molecule has 10 nitrogen and oxygen atoms in total. The van der Waals surface area contributed by atoms with Crippen molar-refractivity contribution in [2.24, 2.45) is 5.73 Å². The highest BCUT2D eigenvalue weighted by Gasteiger charge is 2.35. The van der Waals surface area contributed by atoms with Gasteiger partial charge in [-0.2, -0.15) is 0 Å². The number of hydrogen-bond acceptors (Lipinski definition) is 7. The van der Waals surface area contributed by atoms with Crippen molar-refractivity contribution in [2.75, 3.05) is 36.4 Å². The molecule has 5 rings (SSSR count). The lowest BCUT2D eigenvalue weighted by Gasteiger charge is -2.40. The first-order valence-electron chi connectivity index (χ1n) is 12.9. The summed E-state index contributed by atoms with van der Waals surface area (Å²) in [6.45, 7) is 8.22. The molecule has 1 saturated heterocycles. The standard InChI is InChI=1S/C28H34N6O4/c1-28(2,3)38-27(36)32-16-13-19(14-17-32)33-18-15-30-23-24(25(29)35)34(31-26(23)33)20-9-11-22(12-10-20)37-21-7-5-4-6-8-21/h4-12,19,30H,13-18H2,1-3H3,(H2,29,35). The summed E-state index contributed by atoms with van der Waals surface area (Å²) in [6, 6.07) is 17.1. The molecule has 3 N–H and O–H groups in total. The Morgan fingerprint density at radius 3 is 2.26 bits per heavy atom. The Labute approximate surface area is 222 Å². The number of piperidine rings is 1. The van der Waals surface area contributed by atoms with Gasteiger partial charge in [-0.15, -0.1) is 5.10 Å². The molecule has 1 aromatic heterocycles. The number of para-hydroxylation sites is 1. The number of amides is 2. The smallest absolute Gasteiger partial charge is 0.410 e. The van der Waals surface area contributed by atoms with Crippen molar-refractivity contribution in [1.29, 1.82) is 0 Å². The largest absolute Gasteiger partial charge is 0.457 e. The van der Waals surface area contributed by atoms with Crippen LogP contribution in [-0.4, -0.2) is 64.5 Å². The van der Waals surface area contributed by atoms with Crippen LogP contribution in [0.5, 0.6) is 11.5 Å². The fraction of sp³-hybridized carbons (Fsp3) is 0.393. The molecular weight excluding hydrogens is 484 g/mol. The SMILES string of the molecule is CC(C)(C)OC(=O)N1CCC(N2CCNc3c2nn(-c2ccc(Oc4ccccc4)cc2)c3C(N)=O)CC1. The van der Waals surface area contributed by atoms with Gasteiger partial charge >= 0.3 is 6.09 Å². The highest BCUT2D eigenvalue weighted by Crippen LogP contribution is 2.36. The van der Waals surface area contributed by atoms with Crippen molar-refractivity contribution >= 4 is 23.5 Å². The Bertz CT molecular complexity index is 1290. The molecule has 0 bridgehead atoms. The van der Waals surface area contributed by atoms with Crippen molar-refractivity contribution < 1.29 is 19.1 Å². The van der Waals surface area contributed by atoms with Crippen LogP contribution in [0.25, 0.3) is 5.69 Å². The Morgan fingerprint density at radius 1 is 0.974 bits per heavy atom. The zero-order valence-electron chi connectivity index (χ0n) is 22.0. The zero-order valence-corrected chi connectivity index (χ0v) is 22.0. The van der Waals surface area contributed by atoms with E-state index in [4.69, 9.17) is 20.3 Å². The van der Waals surface area contributed by atoms with Crippen LogP contribution in [0.2, 0.25) is 0 Å². The number of nitrogens with one attached hydrogen (secondary N) is 1. The van der Waals surface area contributed by atoms with E-state index in [2.05, 4.69) is 10.2 Å². The number of ether oxygens (including phenoxy) is 2. The number of carbonyl (C=O) groups is 2. The Morgan fingerprint density at radius 2 is 1.63 bits per heavy atom. The third kappa shape index (κ3) is 5.39. The van der Waals surface area contributed by atoms with Crippen LogP contribution in [0.15, 0.2) is 54.6 Å². The summed E-state index contributed by atoms with van der Waals surface area (Å²) in [5, 5.41) is 8.18. The number of carbonyl (C=O) groups excluding carboxylic acids is 2. The van der Waals surface area contributed by atoms with Gasteiger partial charge in [0.15, 0.2) is 11.5 Å². The molecule has 2 aliphatic heterocycles. The van der Waals surface area contributed by atoms with E-state index in [0.29, 0.717) is 48.3 Å². The number of fused-ring (bicyclic) bond motifs is 1.